The maximum absolute atomic E-state index is 14.1. The number of hydrogen-bond acceptors (Lipinski definition) is 22. The van der Waals surface area contributed by atoms with Crippen LogP contribution in [-0.2, 0) is 83.7 Å². The Morgan fingerprint density at radius 3 is 1.24 bits per heavy atom. The van der Waals surface area contributed by atoms with Gasteiger partial charge in [0.15, 0.2) is 11.5 Å². The van der Waals surface area contributed by atoms with E-state index in [4.69, 9.17) is 52.6 Å². The smallest absolute Gasteiger partial charge is 0.305 e. The molecular formula is C92H108N8O17. The molecule has 25 nitrogen and oxygen atoms in total. The van der Waals surface area contributed by atoms with Crippen molar-refractivity contribution in [3.05, 3.63) is 212 Å². The van der Waals surface area contributed by atoms with Crippen molar-refractivity contribution < 1.29 is 81.9 Å². The van der Waals surface area contributed by atoms with Crippen LogP contribution in [0.5, 0.6) is 23.0 Å². The molecule has 0 fully saturated rings. The van der Waals surface area contributed by atoms with Gasteiger partial charge < -0.3 is 67.8 Å². The van der Waals surface area contributed by atoms with E-state index in [2.05, 4.69) is 46.8 Å². The van der Waals surface area contributed by atoms with Crippen molar-refractivity contribution in [2.75, 3.05) is 125 Å². The van der Waals surface area contributed by atoms with E-state index in [-0.39, 0.29) is 93.8 Å². The molecule has 14 rings (SSSR count). The minimum Gasteiger partial charge on any atom is -0.508 e. The molecule has 0 saturated carbocycles. The number of benzene rings is 8. The van der Waals surface area contributed by atoms with Crippen molar-refractivity contribution in [3.63, 3.8) is 0 Å². The fourth-order valence-electron chi connectivity index (χ4n) is 15.0. The van der Waals surface area contributed by atoms with Gasteiger partial charge in [-0.1, -0.05) is 81.9 Å². The topological polar surface area (TPSA) is 282 Å². The number of aryl methyl sites for hydroxylation is 2. The van der Waals surface area contributed by atoms with Crippen LogP contribution >= 0.6 is 0 Å². The molecule has 25 heteroatoms. The summed E-state index contributed by atoms with van der Waals surface area (Å²) < 4.78 is 51.3. The van der Waals surface area contributed by atoms with E-state index in [1.807, 2.05) is 126 Å². The Bertz CT molecular complexity index is 4870. The van der Waals surface area contributed by atoms with E-state index in [1.165, 1.54) is 19.8 Å². The highest BCUT2D eigenvalue weighted by Gasteiger charge is 2.40. The van der Waals surface area contributed by atoms with Crippen LogP contribution < -0.4 is 38.7 Å². The summed E-state index contributed by atoms with van der Waals surface area (Å²) in [6.45, 7) is 14.9. The Kier molecular flexibility index (Phi) is 31.1. The Labute approximate surface area is 685 Å². The molecule has 6 aliphatic heterocycles. The molecular weight excluding hydrogens is 1490 g/mol. The third-order valence-corrected chi connectivity index (χ3v) is 20.9. The van der Waals surface area contributed by atoms with Gasteiger partial charge in [-0.25, -0.2) is 0 Å². The van der Waals surface area contributed by atoms with Gasteiger partial charge in [0.05, 0.1) is 126 Å². The first-order chi connectivity index (χ1) is 56.5. The number of para-hydroxylation sites is 3. The number of esters is 2. The number of rotatable bonds is 35. The fourth-order valence-corrected chi connectivity index (χ4v) is 15.0. The molecule has 6 aliphatic rings. The highest BCUT2D eigenvalue weighted by molar-refractivity contribution is 6.17. The van der Waals surface area contributed by atoms with Gasteiger partial charge in [-0.05, 0) is 156 Å². The molecule has 0 bridgehead atoms. The lowest BCUT2D eigenvalue weighted by Crippen LogP contribution is -2.37. The summed E-state index contributed by atoms with van der Waals surface area (Å²) in [5.74, 6) is 0.835. The molecule has 0 aromatic heterocycles. The lowest BCUT2D eigenvalue weighted by Gasteiger charge is -2.26. The number of ether oxygens (including phenoxy) is 9. The minimum absolute atomic E-state index is 0. The first-order valence-corrected chi connectivity index (χ1v) is 39.8. The average Bonchev–Trinajstić information content (AvgIpc) is 1.62. The van der Waals surface area contributed by atoms with E-state index < -0.39 is 0 Å². The van der Waals surface area contributed by atoms with Crippen molar-refractivity contribution in [1.82, 2.24) is 0 Å². The summed E-state index contributed by atoms with van der Waals surface area (Å²) in [4.78, 5) is 88.4. The number of methoxy groups -OCH3 is 3. The molecule has 0 radical (unpaired) electrons. The predicted octanol–water partition coefficient (Wildman–Crippen LogP) is 14.4. The number of aromatic hydroxyl groups is 1. The summed E-state index contributed by atoms with van der Waals surface area (Å²) in [6, 6.07) is 45.7. The Hall–Kier alpha value is -11.3. The van der Waals surface area contributed by atoms with Crippen LogP contribution in [0.1, 0.15) is 141 Å². The molecule has 8 aromatic carbocycles. The van der Waals surface area contributed by atoms with Crippen molar-refractivity contribution >= 4 is 93.8 Å². The van der Waals surface area contributed by atoms with E-state index in [0.29, 0.717) is 161 Å². The van der Waals surface area contributed by atoms with Crippen LogP contribution in [-0.4, -0.2) is 182 Å². The first kappa shape index (κ1) is 86.5. The molecule has 618 valence electrons. The predicted molar refractivity (Wildman–Crippen MR) is 455 cm³/mol. The standard InChI is InChI=1S/C54H57N5O9.C20H33NO6.C17H14N2O2.CH4/c1-5-18-65-20-21-66-19-17-57(16-10-15-52(60)64-4)40-24-36(33-67-49-29-45-43(22-35(49)2)53(61)58-41(31-55-45)26-38-11-6-8-13-47(38)58)23-37(25-40)34-68-51-30-46-44(28-50(51)63-3)54(62)59-42(32-56-46)27-39-12-7-9-14-48(39)59;1-3-8-26-10-11-27-9-7-21(6-4-5-20(24)25-2)19-13-17(15-22)12-18(14-19)16-23;1-10-6-13-14(8-16(10)20)18-9-12-7-11-4-2-3-5-15(11)19(12)17(13)21;/h6-9,11-14,22-25,28-32,41-42H,5,10,15-21,26-27,33-34H2,1-4H3;12-14,22-23H,3-11,15-16H2,1-2H3;2-6,8-9,12,20H,7H2,1H3;1H4/t41-,42-;;12-;/m0.0./s1. The lowest BCUT2D eigenvalue weighted by atomic mass is 10.1. The van der Waals surface area contributed by atoms with Gasteiger partial charge >= 0.3 is 11.9 Å². The van der Waals surface area contributed by atoms with Gasteiger partial charge in [0.1, 0.15) is 24.7 Å². The number of carbonyl (C=O) groups excluding carboxylic acids is 5. The molecule has 3 amide bonds. The van der Waals surface area contributed by atoms with Crippen molar-refractivity contribution in [1.29, 1.82) is 0 Å². The Morgan fingerprint density at radius 1 is 0.444 bits per heavy atom. The van der Waals surface area contributed by atoms with Gasteiger partial charge in [0.25, 0.3) is 17.7 Å². The van der Waals surface area contributed by atoms with E-state index in [1.54, 1.807) is 55.5 Å². The number of nitrogens with zero attached hydrogens (tertiary/aromatic N) is 8. The van der Waals surface area contributed by atoms with E-state index in [0.717, 1.165) is 93.3 Å². The number of hydrogen-bond donors (Lipinski definition) is 3. The number of aliphatic hydroxyl groups excluding tert-OH is 2. The van der Waals surface area contributed by atoms with E-state index in [9.17, 15) is 39.3 Å². The maximum Gasteiger partial charge on any atom is 0.305 e. The van der Waals surface area contributed by atoms with Crippen molar-refractivity contribution in [3.8, 4) is 23.0 Å². The number of aliphatic imine (C=N–C) groups is 3. The van der Waals surface area contributed by atoms with Crippen LogP contribution in [0.25, 0.3) is 0 Å². The third-order valence-electron chi connectivity index (χ3n) is 20.9. The molecule has 0 spiro atoms. The van der Waals surface area contributed by atoms with Crippen LogP contribution in [0, 0.1) is 13.8 Å². The minimum atomic E-state index is -0.274. The van der Waals surface area contributed by atoms with Gasteiger partial charge in [-0.2, -0.15) is 0 Å². The average molecular weight is 1600 g/mol. The second-order valence-electron chi connectivity index (χ2n) is 29.1. The third kappa shape index (κ3) is 21.5. The molecule has 117 heavy (non-hydrogen) atoms. The summed E-state index contributed by atoms with van der Waals surface area (Å²) in [6.07, 6.45) is 11.4. The summed E-state index contributed by atoms with van der Waals surface area (Å²) >= 11 is 0. The van der Waals surface area contributed by atoms with Crippen molar-refractivity contribution in [2.24, 2.45) is 15.0 Å². The zero-order chi connectivity index (χ0) is 81.6. The zero-order valence-electron chi connectivity index (χ0n) is 67.1. The van der Waals surface area contributed by atoms with Crippen LogP contribution in [0.4, 0.5) is 45.5 Å². The first-order valence-electron chi connectivity index (χ1n) is 39.8. The number of phenols is 1. The highest BCUT2D eigenvalue weighted by atomic mass is 16.5. The number of fused-ring (bicyclic) bond motifs is 12. The van der Waals surface area contributed by atoms with Crippen LogP contribution in [0.2, 0.25) is 0 Å². The lowest BCUT2D eigenvalue weighted by molar-refractivity contribution is -0.141. The van der Waals surface area contributed by atoms with Gasteiger partial charge in [-0.3, -0.25) is 53.6 Å². The number of phenolic OH excluding ortho intramolecular Hbond substituents is 1. The van der Waals surface area contributed by atoms with Gasteiger partial charge in [-0.15, -0.1) is 0 Å². The second kappa shape index (κ2) is 42.0. The number of amides is 3. The SMILES string of the molecule is C.CCCOCCOCCN(CCCC(=O)OC)c1cc(CO)cc(CO)c1.CCCOCCOCCN(CCCC(=O)OC)c1cc(COc2cc3c(cc2C)C(=O)N2c4ccccc4C[C@H]2C=N3)cc(COc2cc3c(cc2OC)C(=O)N2c4ccccc4C[C@H]2C=N3)c1.Cc1cc2c(cc1O)N=C[C@@H]1Cc3ccccc3N1C2=O. The molecule has 8 aromatic rings. The molecule has 0 saturated heterocycles. The highest BCUT2D eigenvalue weighted by Crippen LogP contribution is 2.44. The fraction of sp³-hybridized carbons (Fsp3) is 0.391. The Balaban J connectivity index is 0.000000222. The summed E-state index contributed by atoms with van der Waals surface area (Å²) in [5.41, 5.74) is 15.7. The maximum atomic E-state index is 14.1. The number of carbonyl (C=O) groups is 5. The normalized spacial score (nSPS) is 15.3. The van der Waals surface area contributed by atoms with Gasteiger partial charge in [0, 0.05) is 137 Å². The monoisotopic (exact) mass is 1600 g/mol. The zero-order valence-corrected chi connectivity index (χ0v) is 67.1. The molecule has 0 aliphatic carbocycles. The summed E-state index contributed by atoms with van der Waals surface area (Å²) in [5, 5.41) is 28.7. The summed E-state index contributed by atoms with van der Waals surface area (Å²) in [7, 11) is 4.34. The molecule has 6 heterocycles. The number of aliphatic hydroxyl groups is 2. The molecule has 3 N–H and O–H groups in total. The van der Waals surface area contributed by atoms with Gasteiger partial charge in [0.2, 0.25) is 0 Å². The van der Waals surface area contributed by atoms with Crippen LogP contribution in [0.15, 0.2) is 161 Å². The molecule has 3 atom stereocenters. The largest absolute Gasteiger partial charge is 0.508 e. The quantitative estimate of drug-likeness (QED) is 0.0246. The number of anilines is 5. The van der Waals surface area contributed by atoms with Crippen LogP contribution in [0.3, 0.4) is 0 Å². The van der Waals surface area contributed by atoms with E-state index >= 15 is 0 Å². The second-order valence-corrected chi connectivity index (χ2v) is 29.1. The van der Waals surface area contributed by atoms with Crippen molar-refractivity contribution in [2.45, 2.75) is 137 Å². The molecule has 0 unspecified atom stereocenters. The Morgan fingerprint density at radius 2 is 0.821 bits per heavy atom.